The number of nitrogens with one attached hydrogen (secondary N) is 1. The number of nitro groups is 2. The Kier molecular flexibility index (Phi) is 9.00. The van der Waals surface area contributed by atoms with E-state index >= 15 is 0 Å². The van der Waals surface area contributed by atoms with Crippen LogP contribution in [-0.4, -0.2) is 52.1 Å². The number of nitro benzene ring substituents is 2. The number of halogens is 1. The number of hydrogen-bond acceptors (Lipinski definition) is 10. The summed E-state index contributed by atoms with van der Waals surface area (Å²) in [6, 6.07) is 13.5. The number of fused-ring (bicyclic) bond motifs is 1. The molecule has 14 nitrogen and oxygen atoms in total. The van der Waals surface area contributed by atoms with E-state index in [9.17, 15) is 34.6 Å². The van der Waals surface area contributed by atoms with Gasteiger partial charge in [0.1, 0.15) is 5.69 Å². The van der Waals surface area contributed by atoms with E-state index in [2.05, 4.69) is 31.5 Å². The molecule has 4 rings (SSSR count). The maximum Gasteiger partial charge on any atom is 0.304 e. The first-order valence-electron chi connectivity index (χ1n) is 12.7. The predicted molar refractivity (Wildman–Crippen MR) is 157 cm³/mol. The normalized spacial score (nSPS) is 12.5. The minimum Gasteiger partial charge on any atom is -0.372 e. The number of rotatable bonds is 11. The van der Waals surface area contributed by atoms with Crippen molar-refractivity contribution in [2.75, 3.05) is 29.9 Å². The van der Waals surface area contributed by atoms with Gasteiger partial charge < -0.3 is 10.2 Å². The van der Waals surface area contributed by atoms with Gasteiger partial charge in [0.05, 0.1) is 37.2 Å². The van der Waals surface area contributed by atoms with Gasteiger partial charge in [0, 0.05) is 38.3 Å². The maximum atomic E-state index is 12.7. The summed E-state index contributed by atoms with van der Waals surface area (Å²) in [4.78, 5) is 61.6. The topological polar surface area (TPSA) is 181 Å². The van der Waals surface area contributed by atoms with Crippen LogP contribution < -0.4 is 10.2 Å². The third kappa shape index (κ3) is 6.30. The van der Waals surface area contributed by atoms with E-state index in [4.69, 9.17) is 0 Å². The fraction of sp³-hybridized carbons (Fsp3) is 0.222. The van der Waals surface area contributed by atoms with Gasteiger partial charge in [-0.3, -0.25) is 39.5 Å². The number of hydrogen-bond donors (Lipinski definition) is 1. The Morgan fingerprint density at radius 3 is 2.24 bits per heavy atom. The van der Waals surface area contributed by atoms with Gasteiger partial charge in [-0.15, -0.1) is 10.2 Å². The van der Waals surface area contributed by atoms with Gasteiger partial charge in [0.25, 0.3) is 17.5 Å². The summed E-state index contributed by atoms with van der Waals surface area (Å²) in [7, 11) is 0. The number of nitrogens with zero attached hydrogens (tertiary/aromatic N) is 6. The summed E-state index contributed by atoms with van der Waals surface area (Å²) in [5, 5.41) is 33.4. The molecule has 1 aliphatic rings. The van der Waals surface area contributed by atoms with Crippen LogP contribution in [0.3, 0.4) is 0 Å². The van der Waals surface area contributed by atoms with Crippen molar-refractivity contribution in [2.45, 2.75) is 20.3 Å². The lowest BCUT2D eigenvalue weighted by Gasteiger charge is -2.25. The second-order valence-corrected chi connectivity index (χ2v) is 9.99. The molecule has 1 N–H and O–H groups in total. The van der Waals surface area contributed by atoms with E-state index in [0.717, 1.165) is 12.1 Å². The lowest BCUT2D eigenvalue weighted by Crippen LogP contribution is -2.33. The molecule has 0 aliphatic carbocycles. The van der Waals surface area contributed by atoms with Gasteiger partial charge in [-0.1, -0.05) is 12.1 Å². The number of benzene rings is 3. The van der Waals surface area contributed by atoms with Crippen LogP contribution in [0.15, 0.2) is 69.3 Å². The Balaban J connectivity index is 1.54. The van der Waals surface area contributed by atoms with E-state index in [0.29, 0.717) is 36.3 Å². The highest BCUT2D eigenvalue weighted by molar-refractivity contribution is 9.10. The monoisotopic (exact) mass is 637 g/mol. The summed E-state index contributed by atoms with van der Waals surface area (Å²) in [5.74, 6) is -1.03. The molecule has 0 fully saturated rings. The number of carbonyl (C=O) groups excluding carboxylic acids is 3. The number of imide groups is 1. The first kappa shape index (κ1) is 29.9. The van der Waals surface area contributed by atoms with E-state index in [1.807, 2.05) is 11.8 Å². The lowest BCUT2D eigenvalue weighted by atomic mass is 10.1. The molecule has 0 aromatic heterocycles. The summed E-state index contributed by atoms with van der Waals surface area (Å²) >= 11 is 3.09. The SMILES string of the molecule is CCN(CCCN1C(=O)c2ccccc2C1=O)c1ccc(/N=N/c2c(Br)cc([N+](=O)[O-])cc2[N+](=O)[O-])c(NC(C)=O)c1. The first-order chi connectivity index (χ1) is 20.0. The summed E-state index contributed by atoms with van der Waals surface area (Å²) in [5.41, 5.74) is 0.637. The maximum absolute atomic E-state index is 12.7. The fourth-order valence-corrected chi connectivity index (χ4v) is 4.96. The van der Waals surface area contributed by atoms with Crippen molar-refractivity contribution in [1.82, 2.24) is 4.90 Å². The van der Waals surface area contributed by atoms with Crippen molar-refractivity contribution in [2.24, 2.45) is 10.2 Å². The molecule has 0 atom stereocenters. The molecule has 0 radical (unpaired) electrons. The number of anilines is 2. The van der Waals surface area contributed by atoms with Crippen molar-refractivity contribution >= 4 is 67.8 Å². The highest BCUT2D eigenvalue weighted by atomic mass is 79.9. The Bertz CT molecular complexity index is 1610. The third-order valence-corrected chi connectivity index (χ3v) is 7.02. The van der Waals surface area contributed by atoms with Crippen LogP contribution in [-0.2, 0) is 4.79 Å². The van der Waals surface area contributed by atoms with Crippen LogP contribution in [0.1, 0.15) is 41.0 Å². The first-order valence-corrected chi connectivity index (χ1v) is 13.5. The quantitative estimate of drug-likeness (QED) is 0.112. The van der Waals surface area contributed by atoms with Crippen LogP contribution >= 0.6 is 15.9 Å². The van der Waals surface area contributed by atoms with Crippen molar-refractivity contribution in [1.29, 1.82) is 0 Å². The van der Waals surface area contributed by atoms with E-state index in [1.54, 1.807) is 42.5 Å². The molecule has 3 aromatic carbocycles. The molecule has 3 amide bonds. The highest BCUT2D eigenvalue weighted by Crippen LogP contribution is 2.41. The van der Waals surface area contributed by atoms with Crippen LogP contribution in [0.2, 0.25) is 0 Å². The second-order valence-electron chi connectivity index (χ2n) is 9.13. The summed E-state index contributed by atoms with van der Waals surface area (Å²) in [6.07, 6.45) is 0.494. The van der Waals surface area contributed by atoms with Crippen molar-refractivity contribution in [3.05, 3.63) is 90.4 Å². The fourth-order valence-electron chi connectivity index (χ4n) is 4.45. The van der Waals surface area contributed by atoms with Crippen molar-refractivity contribution in [3.8, 4) is 0 Å². The molecule has 0 saturated heterocycles. The highest BCUT2D eigenvalue weighted by Gasteiger charge is 2.34. The van der Waals surface area contributed by atoms with Crippen molar-refractivity contribution < 1.29 is 24.2 Å². The van der Waals surface area contributed by atoms with Crippen LogP contribution in [0.5, 0.6) is 0 Å². The molecule has 216 valence electrons. The minimum absolute atomic E-state index is 0.0000622. The Morgan fingerprint density at radius 2 is 1.67 bits per heavy atom. The molecule has 0 bridgehead atoms. The van der Waals surface area contributed by atoms with E-state index in [1.165, 1.54) is 11.8 Å². The molecule has 0 unspecified atom stereocenters. The molecule has 1 heterocycles. The van der Waals surface area contributed by atoms with Gasteiger partial charge in [-0.25, -0.2) is 0 Å². The Hall–Kier alpha value is -5.05. The molecule has 0 spiro atoms. The largest absolute Gasteiger partial charge is 0.372 e. The number of amides is 3. The Morgan fingerprint density at radius 1 is 1.00 bits per heavy atom. The van der Waals surface area contributed by atoms with E-state index in [-0.39, 0.29) is 45.8 Å². The average Bonchev–Trinajstić information content (AvgIpc) is 3.19. The van der Waals surface area contributed by atoms with Crippen LogP contribution in [0, 0.1) is 20.2 Å². The number of carbonyl (C=O) groups is 3. The third-order valence-electron chi connectivity index (χ3n) is 6.42. The van der Waals surface area contributed by atoms with Gasteiger partial charge in [-0.05, 0) is 59.6 Å². The summed E-state index contributed by atoms with van der Waals surface area (Å²) in [6.45, 7) is 4.54. The molecule has 42 heavy (non-hydrogen) atoms. The van der Waals surface area contributed by atoms with Crippen molar-refractivity contribution in [3.63, 3.8) is 0 Å². The standard InChI is InChI=1S/C27H24BrN7O7/c1-3-32(11-6-12-33-26(37)19-7-4-5-8-20(19)27(33)38)17-9-10-22(23(14-17)29-16(2)36)30-31-25-21(28)13-18(34(39)40)15-24(25)35(41)42/h4-5,7-10,13-15H,3,6,11-12H2,1-2H3,(H,29,36)/b31-30+. The molecular weight excluding hydrogens is 614 g/mol. The zero-order valence-corrected chi connectivity index (χ0v) is 24.0. The molecule has 0 saturated carbocycles. The number of non-ortho nitro benzene ring substituents is 1. The summed E-state index contributed by atoms with van der Waals surface area (Å²) < 4.78 is 0.0000622. The smallest absolute Gasteiger partial charge is 0.304 e. The molecule has 3 aromatic rings. The Labute approximate surface area is 247 Å². The molecule has 15 heteroatoms. The number of azo groups is 1. The lowest BCUT2D eigenvalue weighted by molar-refractivity contribution is -0.393. The minimum atomic E-state index is -0.801. The van der Waals surface area contributed by atoms with Gasteiger partial charge in [-0.2, -0.15) is 0 Å². The molecule has 1 aliphatic heterocycles. The van der Waals surface area contributed by atoms with Gasteiger partial charge in [0.15, 0.2) is 5.69 Å². The van der Waals surface area contributed by atoms with Crippen LogP contribution in [0.4, 0.5) is 34.1 Å². The van der Waals surface area contributed by atoms with E-state index < -0.39 is 21.2 Å². The predicted octanol–water partition coefficient (Wildman–Crippen LogP) is 6.15. The van der Waals surface area contributed by atoms with Gasteiger partial charge in [0.2, 0.25) is 5.91 Å². The average molecular weight is 638 g/mol. The van der Waals surface area contributed by atoms with Gasteiger partial charge >= 0.3 is 5.69 Å². The van der Waals surface area contributed by atoms with Crippen LogP contribution in [0.25, 0.3) is 0 Å². The zero-order chi connectivity index (χ0) is 30.6. The molecular formula is C27H24BrN7O7. The second kappa shape index (κ2) is 12.6. The zero-order valence-electron chi connectivity index (χ0n) is 22.4.